The van der Waals surface area contributed by atoms with Crippen LogP contribution in [-0.2, 0) is 6.61 Å². The fourth-order valence-electron chi connectivity index (χ4n) is 2.88. The summed E-state index contributed by atoms with van der Waals surface area (Å²) in [5.41, 5.74) is 3.96. The van der Waals surface area contributed by atoms with E-state index in [2.05, 4.69) is 10.3 Å². The third-order valence-electron chi connectivity index (χ3n) is 4.21. The normalized spacial score (nSPS) is 10.9. The Labute approximate surface area is 154 Å². The number of anilines is 1. The first kappa shape index (κ1) is 16.9. The van der Waals surface area contributed by atoms with Gasteiger partial charge in [-0.3, -0.25) is 4.79 Å². The standard InChI is InChI=1S/C21H16FN3O2/c22-17-5-2-6-18(10-17)23-21(27)19-12-25-11-16(7-8-20(25)24-19)15-4-1-3-14(9-15)13-26/h1-12,26H,13H2,(H,23,27). The molecule has 0 atom stereocenters. The summed E-state index contributed by atoms with van der Waals surface area (Å²) in [7, 11) is 0. The summed E-state index contributed by atoms with van der Waals surface area (Å²) in [6, 6.07) is 17.0. The smallest absolute Gasteiger partial charge is 0.275 e. The van der Waals surface area contributed by atoms with Crippen molar-refractivity contribution in [3.05, 3.63) is 90.1 Å². The van der Waals surface area contributed by atoms with Crippen LogP contribution in [0.3, 0.4) is 0 Å². The van der Waals surface area contributed by atoms with Crippen LogP contribution in [0.4, 0.5) is 10.1 Å². The van der Waals surface area contributed by atoms with E-state index in [0.717, 1.165) is 16.7 Å². The van der Waals surface area contributed by atoms with Crippen molar-refractivity contribution in [1.29, 1.82) is 0 Å². The number of nitrogens with zero attached hydrogens (tertiary/aromatic N) is 2. The van der Waals surface area contributed by atoms with E-state index in [0.29, 0.717) is 11.3 Å². The molecular formula is C21H16FN3O2. The molecule has 1 amide bonds. The van der Waals surface area contributed by atoms with Gasteiger partial charge in [-0.25, -0.2) is 9.37 Å². The number of hydrogen-bond acceptors (Lipinski definition) is 3. The van der Waals surface area contributed by atoms with Gasteiger partial charge in [-0.2, -0.15) is 0 Å². The number of halogens is 1. The highest BCUT2D eigenvalue weighted by atomic mass is 19.1. The molecule has 0 unspecified atom stereocenters. The average Bonchev–Trinajstić information content (AvgIpc) is 3.11. The second kappa shape index (κ2) is 7.01. The van der Waals surface area contributed by atoms with Gasteiger partial charge in [0.1, 0.15) is 17.2 Å². The highest BCUT2D eigenvalue weighted by Gasteiger charge is 2.12. The zero-order valence-corrected chi connectivity index (χ0v) is 14.3. The first-order valence-electron chi connectivity index (χ1n) is 8.38. The highest BCUT2D eigenvalue weighted by molar-refractivity contribution is 6.03. The van der Waals surface area contributed by atoms with Gasteiger partial charge in [0.25, 0.3) is 5.91 Å². The number of aliphatic hydroxyl groups is 1. The Balaban J connectivity index is 1.63. The number of aliphatic hydroxyl groups excluding tert-OH is 1. The number of imidazole rings is 1. The lowest BCUT2D eigenvalue weighted by atomic mass is 10.1. The van der Waals surface area contributed by atoms with Crippen LogP contribution in [0.5, 0.6) is 0 Å². The second-order valence-corrected chi connectivity index (χ2v) is 6.13. The van der Waals surface area contributed by atoms with Crippen molar-refractivity contribution in [3.63, 3.8) is 0 Å². The van der Waals surface area contributed by atoms with E-state index in [1.165, 1.54) is 18.2 Å². The fraction of sp³-hybridized carbons (Fsp3) is 0.0476. The van der Waals surface area contributed by atoms with Crippen molar-refractivity contribution >= 4 is 17.2 Å². The molecule has 0 aliphatic carbocycles. The molecule has 0 aliphatic heterocycles. The van der Waals surface area contributed by atoms with Gasteiger partial charge in [0.2, 0.25) is 0 Å². The molecule has 4 aromatic rings. The van der Waals surface area contributed by atoms with E-state index in [-0.39, 0.29) is 12.3 Å². The Morgan fingerprint density at radius 2 is 1.89 bits per heavy atom. The molecule has 134 valence electrons. The van der Waals surface area contributed by atoms with E-state index in [1.54, 1.807) is 16.7 Å². The van der Waals surface area contributed by atoms with Crippen molar-refractivity contribution in [1.82, 2.24) is 9.38 Å². The maximum atomic E-state index is 13.3. The van der Waals surface area contributed by atoms with E-state index >= 15 is 0 Å². The number of amides is 1. The van der Waals surface area contributed by atoms with Gasteiger partial charge in [-0.05, 0) is 53.1 Å². The molecular weight excluding hydrogens is 345 g/mol. The third kappa shape index (κ3) is 3.56. The molecule has 6 heteroatoms. The summed E-state index contributed by atoms with van der Waals surface area (Å²) in [4.78, 5) is 16.7. The van der Waals surface area contributed by atoms with Crippen LogP contribution >= 0.6 is 0 Å². The summed E-state index contributed by atoms with van der Waals surface area (Å²) < 4.78 is 15.0. The van der Waals surface area contributed by atoms with E-state index in [9.17, 15) is 14.3 Å². The van der Waals surface area contributed by atoms with Crippen molar-refractivity contribution in [2.24, 2.45) is 0 Å². The molecule has 0 saturated carbocycles. The maximum absolute atomic E-state index is 13.3. The average molecular weight is 361 g/mol. The van der Waals surface area contributed by atoms with Gasteiger partial charge < -0.3 is 14.8 Å². The predicted molar refractivity (Wildman–Crippen MR) is 101 cm³/mol. The van der Waals surface area contributed by atoms with Crippen molar-refractivity contribution in [2.75, 3.05) is 5.32 Å². The van der Waals surface area contributed by atoms with E-state index < -0.39 is 11.7 Å². The van der Waals surface area contributed by atoms with E-state index in [4.69, 9.17) is 0 Å². The third-order valence-corrected chi connectivity index (χ3v) is 4.21. The minimum absolute atomic E-state index is 0.0223. The molecule has 27 heavy (non-hydrogen) atoms. The number of carbonyl (C=O) groups excluding carboxylic acids is 1. The van der Waals surface area contributed by atoms with Gasteiger partial charge in [-0.15, -0.1) is 0 Å². The zero-order chi connectivity index (χ0) is 18.8. The summed E-state index contributed by atoms with van der Waals surface area (Å²) in [5, 5.41) is 11.9. The lowest BCUT2D eigenvalue weighted by Crippen LogP contribution is -2.12. The molecule has 4 rings (SSSR count). The Morgan fingerprint density at radius 1 is 1.04 bits per heavy atom. The largest absolute Gasteiger partial charge is 0.392 e. The first-order valence-corrected chi connectivity index (χ1v) is 8.38. The van der Waals surface area contributed by atoms with Gasteiger partial charge in [-0.1, -0.05) is 24.3 Å². The quantitative estimate of drug-likeness (QED) is 0.580. The Kier molecular flexibility index (Phi) is 4.40. The molecule has 0 saturated heterocycles. The number of carbonyl (C=O) groups is 1. The molecule has 5 nitrogen and oxygen atoms in total. The minimum Gasteiger partial charge on any atom is -0.392 e. The van der Waals surface area contributed by atoms with Crippen LogP contribution < -0.4 is 5.32 Å². The molecule has 0 fully saturated rings. The van der Waals surface area contributed by atoms with Gasteiger partial charge >= 0.3 is 0 Å². The second-order valence-electron chi connectivity index (χ2n) is 6.13. The predicted octanol–water partition coefficient (Wildman–Crippen LogP) is 3.89. The minimum atomic E-state index is -0.419. The number of aromatic nitrogens is 2. The number of nitrogens with one attached hydrogen (secondary N) is 1. The first-order chi connectivity index (χ1) is 13.1. The molecule has 2 aromatic carbocycles. The summed E-state index contributed by atoms with van der Waals surface area (Å²) in [6.45, 7) is -0.0223. The molecule has 0 bridgehead atoms. The summed E-state index contributed by atoms with van der Waals surface area (Å²) in [6.07, 6.45) is 3.50. The van der Waals surface area contributed by atoms with E-state index in [1.807, 2.05) is 42.6 Å². The summed E-state index contributed by atoms with van der Waals surface area (Å²) >= 11 is 0. The van der Waals surface area contributed by atoms with Crippen molar-refractivity contribution in [2.45, 2.75) is 6.61 Å². The van der Waals surface area contributed by atoms with Crippen LogP contribution in [-0.4, -0.2) is 20.4 Å². The number of benzene rings is 2. The lowest BCUT2D eigenvalue weighted by molar-refractivity contribution is 0.102. The van der Waals surface area contributed by atoms with Gasteiger partial charge in [0.05, 0.1) is 6.61 Å². The molecule has 0 radical (unpaired) electrons. The topological polar surface area (TPSA) is 66.6 Å². The summed E-state index contributed by atoms with van der Waals surface area (Å²) in [5.74, 6) is -0.828. The van der Waals surface area contributed by atoms with Crippen LogP contribution in [0, 0.1) is 5.82 Å². The molecule has 2 heterocycles. The molecule has 2 N–H and O–H groups in total. The molecule has 2 aromatic heterocycles. The Hall–Kier alpha value is -3.51. The highest BCUT2D eigenvalue weighted by Crippen LogP contribution is 2.22. The maximum Gasteiger partial charge on any atom is 0.275 e. The Morgan fingerprint density at radius 3 is 2.70 bits per heavy atom. The van der Waals surface area contributed by atoms with Crippen LogP contribution in [0.1, 0.15) is 16.1 Å². The number of pyridine rings is 1. The van der Waals surface area contributed by atoms with Crippen LogP contribution in [0.2, 0.25) is 0 Å². The number of hydrogen-bond donors (Lipinski definition) is 2. The Bertz CT molecular complexity index is 1140. The zero-order valence-electron chi connectivity index (χ0n) is 14.3. The lowest BCUT2D eigenvalue weighted by Gasteiger charge is -2.04. The molecule has 0 aliphatic rings. The van der Waals surface area contributed by atoms with Crippen LogP contribution in [0.15, 0.2) is 73.1 Å². The monoisotopic (exact) mass is 361 g/mol. The van der Waals surface area contributed by atoms with Crippen molar-refractivity contribution < 1.29 is 14.3 Å². The van der Waals surface area contributed by atoms with Crippen molar-refractivity contribution in [3.8, 4) is 11.1 Å². The fourth-order valence-corrected chi connectivity index (χ4v) is 2.88. The molecule has 0 spiro atoms. The number of fused-ring (bicyclic) bond motifs is 1. The SMILES string of the molecule is O=C(Nc1cccc(F)c1)c1cn2cc(-c3cccc(CO)c3)ccc2n1. The van der Waals surface area contributed by atoms with Crippen LogP contribution in [0.25, 0.3) is 16.8 Å². The van der Waals surface area contributed by atoms with Gasteiger partial charge in [0.15, 0.2) is 0 Å². The number of rotatable bonds is 4. The van der Waals surface area contributed by atoms with Gasteiger partial charge in [0, 0.05) is 18.1 Å².